The van der Waals surface area contributed by atoms with Gasteiger partial charge in [0.1, 0.15) is 10.7 Å². The molecule has 154 valence electrons. The minimum atomic E-state index is -3.90. The van der Waals surface area contributed by atoms with Gasteiger partial charge in [0, 0.05) is 11.3 Å². The number of halogens is 1. The molecular formula is C19H22FN4O4S+. The number of hydrogen-bond acceptors (Lipinski definition) is 4. The van der Waals surface area contributed by atoms with Crippen LogP contribution >= 0.6 is 0 Å². The third kappa shape index (κ3) is 4.97. The molecule has 3 rings (SSSR count). The van der Waals surface area contributed by atoms with E-state index in [0.29, 0.717) is 24.3 Å². The van der Waals surface area contributed by atoms with Gasteiger partial charge in [-0.05, 0) is 36.4 Å². The molecule has 0 atom stereocenters. The first-order valence-corrected chi connectivity index (χ1v) is 10.5. The highest BCUT2D eigenvalue weighted by molar-refractivity contribution is 7.89. The van der Waals surface area contributed by atoms with Gasteiger partial charge in [-0.3, -0.25) is 9.59 Å². The van der Waals surface area contributed by atoms with Gasteiger partial charge in [0.05, 0.1) is 26.2 Å². The average Bonchev–Trinajstić information content (AvgIpc) is 2.69. The molecule has 29 heavy (non-hydrogen) atoms. The van der Waals surface area contributed by atoms with E-state index in [0.717, 1.165) is 11.0 Å². The lowest BCUT2D eigenvalue weighted by Gasteiger charge is -2.31. The van der Waals surface area contributed by atoms with E-state index in [2.05, 4.69) is 5.32 Å². The molecule has 1 aliphatic rings. The fourth-order valence-electron chi connectivity index (χ4n) is 3.16. The second kappa shape index (κ2) is 8.68. The SMILES string of the molecule is NC(=O)c1ccc(NC(=O)C[NH+]2CCN(S(=O)(=O)c3ccccc3F)CC2)cc1. The highest BCUT2D eigenvalue weighted by atomic mass is 32.2. The van der Waals surface area contributed by atoms with Crippen molar-refractivity contribution in [2.75, 3.05) is 38.0 Å². The number of quaternary nitrogens is 1. The minimum Gasteiger partial charge on any atom is -0.366 e. The topological polar surface area (TPSA) is 114 Å². The molecule has 1 fully saturated rings. The molecule has 0 radical (unpaired) electrons. The Morgan fingerprint density at radius 2 is 1.69 bits per heavy atom. The second-order valence-electron chi connectivity index (χ2n) is 6.75. The summed E-state index contributed by atoms with van der Waals surface area (Å²) in [6.45, 7) is 1.44. The zero-order chi connectivity index (χ0) is 21.0. The van der Waals surface area contributed by atoms with Crippen molar-refractivity contribution in [3.05, 3.63) is 59.9 Å². The lowest BCUT2D eigenvalue weighted by molar-refractivity contribution is -0.895. The number of amides is 2. The van der Waals surface area contributed by atoms with E-state index in [1.165, 1.54) is 34.6 Å². The lowest BCUT2D eigenvalue weighted by atomic mass is 10.2. The van der Waals surface area contributed by atoms with Crippen molar-refractivity contribution in [3.8, 4) is 0 Å². The summed E-state index contributed by atoms with van der Waals surface area (Å²) < 4.78 is 40.4. The van der Waals surface area contributed by atoms with Crippen molar-refractivity contribution in [3.63, 3.8) is 0 Å². The number of carbonyl (C=O) groups is 2. The van der Waals surface area contributed by atoms with Gasteiger partial charge in [0.15, 0.2) is 6.54 Å². The van der Waals surface area contributed by atoms with Gasteiger partial charge in [-0.25, -0.2) is 12.8 Å². The van der Waals surface area contributed by atoms with Crippen molar-refractivity contribution in [2.24, 2.45) is 5.73 Å². The van der Waals surface area contributed by atoms with E-state index in [-0.39, 0.29) is 30.4 Å². The molecule has 2 aromatic carbocycles. The van der Waals surface area contributed by atoms with Crippen molar-refractivity contribution < 1.29 is 27.3 Å². The van der Waals surface area contributed by atoms with Crippen LogP contribution < -0.4 is 16.0 Å². The molecule has 2 amide bonds. The molecule has 1 saturated heterocycles. The molecule has 0 unspecified atom stereocenters. The van der Waals surface area contributed by atoms with Crippen LogP contribution in [0.25, 0.3) is 0 Å². The second-order valence-corrected chi connectivity index (χ2v) is 8.66. The quantitative estimate of drug-likeness (QED) is 0.581. The van der Waals surface area contributed by atoms with Crippen molar-refractivity contribution in [2.45, 2.75) is 4.90 Å². The summed E-state index contributed by atoms with van der Waals surface area (Å²) in [5.41, 5.74) is 6.07. The maximum absolute atomic E-state index is 13.9. The number of nitrogens with zero attached hydrogens (tertiary/aromatic N) is 1. The largest absolute Gasteiger partial charge is 0.366 e. The number of sulfonamides is 1. The normalized spacial score (nSPS) is 15.8. The first kappa shape index (κ1) is 20.9. The van der Waals surface area contributed by atoms with E-state index in [1.54, 1.807) is 12.1 Å². The monoisotopic (exact) mass is 421 g/mol. The number of piperazine rings is 1. The van der Waals surface area contributed by atoms with Crippen molar-refractivity contribution in [1.82, 2.24) is 4.31 Å². The Labute approximate surface area is 168 Å². The summed E-state index contributed by atoms with van der Waals surface area (Å²) in [5.74, 6) is -1.54. The van der Waals surface area contributed by atoms with Gasteiger partial charge in [-0.2, -0.15) is 4.31 Å². The standard InChI is InChI=1S/C19H21FN4O4S/c20-16-3-1-2-4-17(16)29(27,28)24-11-9-23(10-12-24)13-18(25)22-15-7-5-14(6-8-15)19(21)26/h1-8H,9-13H2,(H2,21,26)(H,22,25)/p+1. The number of rotatable bonds is 6. The van der Waals surface area contributed by atoms with E-state index in [9.17, 15) is 22.4 Å². The van der Waals surface area contributed by atoms with Crippen molar-refractivity contribution in [1.29, 1.82) is 0 Å². The Morgan fingerprint density at radius 3 is 2.28 bits per heavy atom. The summed E-state index contributed by atoms with van der Waals surface area (Å²) in [4.78, 5) is 23.9. The Balaban J connectivity index is 1.53. The fourth-order valence-corrected chi connectivity index (χ4v) is 4.67. The van der Waals surface area contributed by atoms with Crippen molar-refractivity contribution >= 4 is 27.5 Å². The van der Waals surface area contributed by atoms with Gasteiger partial charge in [-0.15, -0.1) is 0 Å². The summed E-state index contributed by atoms with van der Waals surface area (Å²) in [5, 5.41) is 2.74. The Hall–Kier alpha value is -2.82. The van der Waals surface area contributed by atoms with Gasteiger partial charge in [-0.1, -0.05) is 12.1 Å². The molecule has 0 bridgehead atoms. The minimum absolute atomic E-state index is 0.172. The molecule has 0 aliphatic carbocycles. The maximum atomic E-state index is 13.9. The lowest BCUT2D eigenvalue weighted by Crippen LogP contribution is -3.15. The first-order valence-electron chi connectivity index (χ1n) is 9.05. The number of carbonyl (C=O) groups excluding carboxylic acids is 2. The fraction of sp³-hybridized carbons (Fsp3) is 0.263. The van der Waals surface area contributed by atoms with Crippen LogP contribution in [0.1, 0.15) is 10.4 Å². The zero-order valence-corrected chi connectivity index (χ0v) is 16.4. The molecular weight excluding hydrogens is 399 g/mol. The molecule has 10 heteroatoms. The van der Waals surface area contributed by atoms with Crippen LogP contribution in [-0.2, 0) is 14.8 Å². The summed E-state index contributed by atoms with van der Waals surface area (Å²) in [6, 6.07) is 11.5. The number of benzene rings is 2. The van der Waals surface area contributed by atoms with E-state index >= 15 is 0 Å². The number of nitrogens with one attached hydrogen (secondary N) is 2. The zero-order valence-electron chi connectivity index (χ0n) is 15.6. The average molecular weight is 421 g/mol. The third-order valence-electron chi connectivity index (χ3n) is 4.75. The molecule has 0 spiro atoms. The third-order valence-corrected chi connectivity index (χ3v) is 6.68. The van der Waals surface area contributed by atoms with E-state index in [1.807, 2.05) is 0 Å². The van der Waals surface area contributed by atoms with Gasteiger partial charge in [0.25, 0.3) is 5.91 Å². The van der Waals surface area contributed by atoms with Crippen LogP contribution in [-0.4, -0.2) is 57.3 Å². The first-order chi connectivity index (χ1) is 13.8. The Bertz CT molecular complexity index is 1000. The molecule has 0 saturated carbocycles. The molecule has 1 aliphatic heterocycles. The van der Waals surface area contributed by atoms with Crippen LogP contribution in [0.3, 0.4) is 0 Å². The highest BCUT2D eigenvalue weighted by Crippen LogP contribution is 2.18. The van der Waals surface area contributed by atoms with Gasteiger partial charge >= 0.3 is 0 Å². The van der Waals surface area contributed by atoms with Gasteiger partial charge < -0.3 is 16.0 Å². The summed E-state index contributed by atoms with van der Waals surface area (Å²) in [7, 11) is -3.90. The number of nitrogens with two attached hydrogens (primary N) is 1. The highest BCUT2D eigenvalue weighted by Gasteiger charge is 2.32. The Morgan fingerprint density at radius 1 is 1.07 bits per heavy atom. The van der Waals surface area contributed by atoms with Gasteiger partial charge in [0.2, 0.25) is 15.9 Å². The van der Waals surface area contributed by atoms with Crippen LogP contribution in [0, 0.1) is 5.82 Å². The van der Waals surface area contributed by atoms with Crippen LogP contribution in [0.5, 0.6) is 0 Å². The molecule has 8 nitrogen and oxygen atoms in total. The van der Waals surface area contributed by atoms with Crippen LogP contribution in [0.4, 0.5) is 10.1 Å². The molecule has 2 aromatic rings. The maximum Gasteiger partial charge on any atom is 0.279 e. The van der Waals surface area contributed by atoms with E-state index < -0.39 is 21.7 Å². The molecule has 4 N–H and O–H groups in total. The number of anilines is 1. The summed E-state index contributed by atoms with van der Waals surface area (Å²) >= 11 is 0. The number of hydrogen-bond donors (Lipinski definition) is 3. The number of primary amides is 1. The van der Waals surface area contributed by atoms with E-state index in [4.69, 9.17) is 5.73 Å². The van der Waals surface area contributed by atoms with Crippen LogP contribution in [0.15, 0.2) is 53.4 Å². The Kier molecular flexibility index (Phi) is 6.26. The predicted molar refractivity (Wildman–Crippen MR) is 104 cm³/mol. The summed E-state index contributed by atoms with van der Waals surface area (Å²) in [6.07, 6.45) is 0. The van der Waals surface area contributed by atoms with Crippen LogP contribution in [0.2, 0.25) is 0 Å². The molecule has 1 heterocycles. The molecule has 0 aromatic heterocycles. The smallest absolute Gasteiger partial charge is 0.279 e. The predicted octanol–water partition coefficient (Wildman–Crippen LogP) is -0.547.